The van der Waals surface area contributed by atoms with Crippen LogP contribution in [-0.4, -0.2) is 62.9 Å². The Bertz CT molecular complexity index is 1630. The molecular weight excluding hydrogens is 584 g/mol. The van der Waals surface area contributed by atoms with Gasteiger partial charge in [-0.2, -0.15) is 0 Å². The Hall–Kier alpha value is -3.08. The summed E-state index contributed by atoms with van der Waals surface area (Å²) in [5, 5.41) is 4.94. The van der Waals surface area contributed by atoms with Crippen LogP contribution in [0, 0.1) is 5.41 Å². The number of hydrogen-bond acceptors (Lipinski definition) is 8. The van der Waals surface area contributed by atoms with Gasteiger partial charge in [0.25, 0.3) is 0 Å². The molecule has 3 aromatic heterocycles. The van der Waals surface area contributed by atoms with Gasteiger partial charge in [0.2, 0.25) is 5.95 Å². The summed E-state index contributed by atoms with van der Waals surface area (Å²) in [6, 6.07) is 7.61. The van der Waals surface area contributed by atoms with Gasteiger partial charge in [0.1, 0.15) is 5.60 Å². The lowest BCUT2D eigenvalue weighted by Gasteiger charge is -2.45. The minimum atomic E-state index is -0.522. The average Bonchev–Trinajstić information content (AvgIpc) is 3.61. The molecule has 1 aromatic carbocycles. The summed E-state index contributed by atoms with van der Waals surface area (Å²) in [6.07, 6.45) is 11.9. The third kappa shape index (κ3) is 6.28. The van der Waals surface area contributed by atoms with E-state index in [2.05, 4.69) is 29.0 Å². The maximum absolute atomic E-state index is 13.2. The average molecular weight is 623 g/mol. The largest absolute Gasteiger partial charge is 0.444 e. The van der Waals surface area contributed by atoms with E-state index in [1.54, 1.807) is 24.2 Å². The number of piperidine rings is 1. The Kier molecular flexibility index (Phi) is 8.45. The topological polar surface area (TPSA) is 93.9 Å². The fourth-order valence-electron chi connectivity index (χ4n) is 6.40. The van der Waals surface area contributed by atoms with Crippen molar-refractivity contribution in [3.8, 4) is 0 Å². The van der Waals surface area contributed by atoms with E-state index < -0.39 is 5.60 Å². The molecule has 2 aliphatic heterocycles. The Morgan fingerprint density at radius 2 is 2.09 bits per heavy atom. The molecule has 0 bridgehead atoms. The zero-order valence-corrected chi connectivity index (χ0v) is 26.7. The van der Waals surface area contributed by atoms with Gasteiger partial charge in [-0.25, -0.2) is 14.8 Å². The van der Waals surface area contributed by atoms with Crippen LogP contribution in [-0.2, 0) is 9.47 Å². The number of ether oxygens (including phenoxy) is 2. The number of nitrogens with zero attached hydrogens (tertiary/aromatic N) is 5. The molecular formula is C32H39ClN6O3S. The number of halogens is 1. The van der Waals surface area contributed by atoms with E-state index >= 15 is 0 Å². The van der Waals surface area contributed by atoms with Crippen LogP contribution in [0.25, 0.3) is 16.6 Å². The van der Waals surface area contributed by atoms with E-state index in [0.717, 1.165) is 70.9 Å². The second-order valence-corrected chi connectivity index (χ2v) is 14.0. The molecule has 0 aliphatic carbocycles. The number of fused-ring (bicyclic) bond motifs is 2. The first kappa shape index (κ1) is 30.0. The van der Waals surface area contributed by atoms with Crippen molar-refractivity contribution in [3.05, 3.63) is 54.1 Å². The number of unbranched alkanes of at least 4 members (excludes halogenated alkanes) is 1. The first-order valence-corrected chi connectivity index (χ1v) is 16.3. The first-order valence-electron chi connectivity index (χ1n) is 15.1. The molecule has 1 N–H and O–H groups in total. The predicted molar refractivity (Wildman–Crippen MR) is 170 cm³/mol. The molecule has 1 spiro atoms. The summed E-state index contributed by atoms with van der Waals surface area (Å²) in [7, 11) is 0. The highest BCUT2D eigenvalue weighted by atomic mass is 35.5. The number of aromatic nitrogens is 4. The SMILES string of the molecule is CCCCC(C)(C)OC(=O)NC1CN(c2ncc(Sc3ccnc4cc(Cl)ccc34)c3nccn23)CCC12CO[C@@H](C)C2. The quantitative estimate of drug-likeness (QED) is 0.221. The third-order valence-electron chi connectivity index (χ3n) is 8.71. The van der Waals surface area contributed by atoms with E-state index in [4.69, 9.17) is 31.0 Å². The van der Waals surface area contributed by atoms with Crippen molar-refractivity contribution >= 4 is 52.0 Å². The molecule has 2 saturated heterocycles. The molecule has 1 amide bonds. The second kappa shape index (κ2) is 12.1. The van der Waals surface area contributed by atoms with Crippen molar-refractivity contribution in [1.29, 1.82) is 0 Å². The molecule has 0 saturated carbocycles. The Morgan fingerprint density at radius 3 is 2.88 bits per heavy atom. The minimum absolute atomic E-state index is 0.141. The summed E-state index contributed by atoms with van der Waals surface area (Å²) in [5.74, 6) is 0.800. The number of amides is 1. The monoisotopic (exact) mass is 622 g/mol. The van der Waals surface area contributed by atoms with Crippen LogP contribution in [0.3, 0.4) is 0 Å². The second-order valence-electron chi connectivity index (χ2n) is 12.4. The van der Waals surface area contributed by atoms with Gasteiger partial charge >= 0.3 is 6.09 Å². The Labute approximate surface area is 261 Å². The smallest absolute Gasteiger partial charge is 0.407 e. The number of rotatable bonds is 8. The molecule has 43 heavy (non-hydrogen) atoms. The predicted octanol–water partition coefficient (Wildman–Crippen LogP) is 7.15. The molecule has 228 valence electrons. The molecule has 2 aliphatic rings. The van der Waals surface area contributed by atoms with Crippen LogP contribution in [0.5, 0.6) is 0 Å². The van der Waals surface area contributed by atoms with Crippen LogP contribution in [0.15, 0.2) is 58.8 Å². The lowest BCUT2D eigenvalue weighted by atomic mass is 9.73. The first-order chi connectivity index (χ1) is 20.7. The van der Waals surface area contributed by atoms with Gasteiger partial charge in [0, 0.05) is 58.6 Å². The van der Waals surface area contributed by atoms with Gasteiger partial charge in [-0.1, -0.05) is 42.8 Å². The number of alkyl carbamates (subject to hydrolysis) is 1. The lowest BCUT2D eigenvalue weighted by Crippen LogP contribution is -2.60. The molecule has 5 heterocycles. The highest BCUT2D eigenvalue weighted by Gasteiger charge is 2.49. The number of imidazole rings is 1. The van der Waals surface area contributed by atoms with Gasteiger partial charge in [0.15, 0.2) is 5.65 Å². The van der Waals surface area contributed by atoms with Crippen molar-refractivity contribution in [1.82, 2.24) is 24.7 Å². The fourth-order valence-corrected chi connectivity index (χ4v) is 7.56. The number of hydrogen-bond donors (Lipinski definition) is 1. The van der Waals surface area contributed by atoms with Crippen molar-refractivity contribution in [3.63, 3.8) is 0 Å². The van der Waals surface area contributed by atoms with Crippen LogP contribution >= 0.6 is 23.4 Å². The van der Waals surface area contributed by atoms with Crippen LogP contribution in [0.2, 0.25) is 5.02 Å². The normalized spacial score (nSPS) is 22.5. The molecule has 2 unspecified atom stereocenters. The Morgan fingerprint density at radius 1 is 1.23 bits per heavy atom. The van der Waals surface area contributed by atoms with Gasteiger partial charge in [0.05, 0.1) is 29.2 Å². The van der Waals surface area contributed by atoms with Gasteiger partial charge in [-0.3, -0.25) is 9.38 Å². The van der Waals surface area contributed by atoms with E-state index in [-0.39, 0.29) is 23.7 Å². The zero-order valence-electron chi connectivity index (χ0n) is 25.2. The third-order valence-corrected chi connectivity index (χ3v) is 10.0. The van der Waals surface area contributed by atoms with Gasteiger partial charge < -0.3 is 19.7 Å². The number of nitrogens with one attached hydrogen (secondary N) is 1. The van der Waals surface area contributed by atoms with Crippen LogP contribution in [0.1, 0.15) is 59.8 Å². The highest BCUT2D eigenvalue weighted by Crippen LogP contribution is 2.43. The van der Waals surface area contributed by atoms with Gasteiger partial charge in [-0.15, -0.1) is 0 Å². The molecule has 4 aromatic rings. The van der Waals surface area contributed by atoms with Crippen molar-refractivity contribution < 1.29 is 14.3 Å². The number of carbonyl (C=O) groups is 1. The van der Waals surface area contributed by atoms with Crippen molar-refractivity contribution in [2.75, 3.05) is 24.6 Å². The Balaban J connectivity index is 1.25. The molecule has 0 radical (unpaired) electrons. The maximum Gasteiger partial charge on any atom is 0.407 e. The summed E-state index contributed by atoms with van der Waals surface area (Å²) in [4.78, 5) is 31.6. The molecule has 9 nitrogen and oxygen atoms in total. The molecule has 6 rings (SSSR count). The zero-order chi connectivity index (χ0) is 30.2. The molecule has 2 fully saturated rings. The maximum atomic E-state index is 13.2. The van der Waals surface area contributed by atoms with E-state index in [9.17, 15) is 4.79 Å². The van der Waals surface area contributed by atoms with Crippen molar-refractivity contribution in [2.24, 2.45) is 5.41 Å². The lowest BCUT2D eigenvalue weighted by molar-refractivity contribution is 0.0213. The van der Waals surface area contributed by atoms with E-state index in [0.29, 0.717) is 18.2 Å². The molecule has 3 atom stereocenters. The minimum Gasteiger partial charge on any atom is -0.444 e. The highest BCUT2D eigenvalue weighted by molar-refractivity contribution is 7.99. The standard InChI is InChI=1S/C32H39ClN6O3S/c1-5-6-10-31(3,4)42-30(40)37-27-19-38(14-11-32(27)17-21(2)41-20-32)29-36-18-26(28-35-13-15-39(28)29)43-25-9-12-34-24-16-22(33)7-8-23(24)25/h7-9,12-13,15-16,18,21,27H,5-6,10-11,14,17,19-20H2,1-4H3,(H,37,40)/t21-,27?,32?/m0/s1. The van der Waals surface area contributed by atoms with Crippen LogP contribution in [0.4, 0.5) is 10.7 Å². The summed E-state index contributed by atoms with van der Waals surface area (Å²) in [5.41, 5.74) is 1.01. The summed E-state index contributed by atoms with van der Waals surface area (Å²) in [6.45, 7) is 10.2. The number of benzene rings is 1. The number of carbonyl (C=O) groups excluding carboxylic acids is 1. The number of anilines is 1. The summed E-state index contributed by atoms with van der Waals surface area (Å²) >= 11 is 7.82. The number of pyridine rings is 1. The van der Waals surface area contributed by atoms with Gasteiger partial charge in [-0.05, 0) is 64.7 Å². The van der Waals surface area contributed by atoms with Crippen LogP contribution < -0.4 is 10.2 Å². The van der Waals surface area contributed by atoms with E-state index in [1.807, 2.05) is 54.9 Å². The fraction of sp³-hybridized carbons (Fsp3) is 0.500. The summed E-state index contributed by atoms with van der Waals surface area (Å²) < 4.78 is 14.0. The molecule has 11 heteroatoms. The van der Waals surface area contributed by atoms with E-state index in [1.165, 1.54) is 0 Å². The van der Waals surface area contributed by atoms with Crippen molar-refractivity contribution in [2.45, 2.75) is 87.3 Å².